The molecule has 0 bridgehead atoms. The van der Waals surface area contributed by atoms with Crippen molar-refractivity contribution in [2.45, 2.75) is 19.4 Å². The fourth-order valence-electron chi connectivity index (χ4n) is 2.61. The van der Waals surface area contributed by atoms with Crippen molar-refractivity contribution in [1.82, 2.24) is 9.78 Å². The molecule has 3 aromatic rings. The van der Waals surface area contributed by atoms with Gasteiger partial charge in [0.15, 0.2) is 0 Å². The summed E-state index contributed by atoms with van der Waals surface area (Å²) in [6.07, 6.45) is 0.695. The third-order valence-corrected chi connectivity index (χ3v) is 4.28. The maximum Gasteiger partial charge on any atom is 0.0722 e. The molecule has 0 aliphatic carbocycles. The van der Waals surface area contributed by atoms with E-state index in [0.717, 1.165) is 32.7 Å². The lowest BCUT2D eigenvalue weighted by molar-refractivity contribution is 0.682. The van der Waals surface area contributed by atoms with E-state index >= 15 is 0 Å². The van der Waals surface area contributed by atoms with Crippen LogP contribution in [-0.4, -0.2) is 9.78 Å². The van der Waals surface area contributed by atoms with Crippen LogP contribution in [0.2, 0.25) is 5.02 Å². The number of aromatic nitrogens is 2. The highest BCUT2D eigenvalue weighted by Crippen LogP contribution is 2.25. The van der Waals surface area contributed by atoms with Gasteiger partial charge in [0.1, 0.15) is 0 Å². The fourth-order valence-corrected chi connectivity index (χ4v) is 2.79. The van der Waals surface area contributed by atoms with Gasteiger partial charge in [-0.15, -0.1) is 0 Å². The van der Waals surface area contributed by atoms with Crippen molar-refractivity contribution in [3.8, 4) is 0 Å². The van der Waals surface area contributed by atoms with Crippen LogP contribution in [0.3, 0.4) is 0 Å². The van der Waals surface area contributed by atoms with Crippen LogP contribution in [-0.2, 0) is 13.5 Å². The molecule has 0 saturated carbocycles. The van der Waals surface area contributed by atoms with E-state index in [-0.39, 0.29) is 6.04 Å². The monoisotopic (exact) mass is 299 g/mol. The number of benzene rings is 2. The number of hydrogen-bond donors (Lipinski definition) is 1. The predicted molar refractivity (Wildman–Crippen MR) is 87.5 cm³/mol. The lowest BCUT2D eigenvalue weighted by Crippen LogP contribution is -2.14. The summed E-state index contributed by atoms with van der Waals surface area (Å²) in [5, 5.41) is 6.52. The number of aryl methyl sites for hydroxylation is 2. The van der Waals surface area contributed by atoms with Crippen LogP contribution >= 0.6 is 11.6 Å². The standard InChI is InChI=1S/C17H18ClN3/c1-11-7-8-12(9-14(11)18)15(19)10-16-13-5-3-4-6-17(13)21(2)20-16/h3-9,15H,10,19H2,1-2H3. The summed E-state index contributed by atoms with van der Waals surface area (Å²) in [6, 6.07) is 14.1. The third-order valence-electron chi connectivity index (χ3n) is 3.87. The highest BCUT2D eigenvalue weighted by atomic mass is 35.5. The Hall–Kier alpha value is -1.84. The molecule has 2 N–H and O–H groups in total. The zero-order valence-electron chi connectivity index (χ0n) is 12.2. The summed E-state index contributed by atoms with van der Waals surface area (Å²) in [6.45, 7) is 1.99. The van der Waals surface area contributed by atoms with E-state index in [1.807, 2.05) is 49.0 Å². The number of nitrogens with two attached hydrogens (primary N) is 1. The second kappa shape index (κ2) is 5.51. The second-order valence-corrected chi connectivity index (χ2v) is 5.81. The Morgan fingerprint density at radius 2 is 2.00 bits per heavy atom. The van der Waals surface area contributed by atoms with Gasteiger partial charge in [-0.1, -0.05) is 41.9 Å². The number of halogens is 1. The van der Waals surface area contributed by atoms with E-state index in [4.69, 9.17) is 17.3 Å². The topological polar surface area (TPSA) is 43.8 Å². The van der Waals surface area contributed by atoms with Crippen molar-refractivity contribution in [3.63, 3.8) is 0 Å². The van der Waals surface area contributed by atoms with Crippen LogP contribution in [0.4, 0.5) is 0 Å². The SMILES string of the molecule is Cc1ccc(C(N)Cc2nn(C)c3ccccc23)cc1Cl. The van der Waals surface area contributed by atoms with Gasteiger partial charge in [-0.05, 0) is 30.2 Å². The molecule has 0 fully saturated rings. The normalized spacial score (nSPS) is 12.8. The first-order valence-corrected chi connectivity index (χ1v) is 7.36. The lowest BCUT2D eigenvalue weighted by Gasteiger charge is -2.12. The van der Waals surface area contributed by atoms with Crippen molar-refractivity contribution in [3.05, 3.63) is 64.3 Å². The minimum Gasteiger partial charge on any atom is -0.324 e. The summed E-state index contributed by atoms with van der Waals surface area (Å²) in [5.74, 6) is 0. The smallest absolute Gasteiger partial charge is 0.0722 e. The molecule has 1 aromatic heterocycles. The Morgan fingerprint density at radius 3 is 2.76 bits per heavy atom. The first kappa shape index (κ1) is 14.1. The molecule has 0 spiro atoms. The minimum absolute atomic E-state index is 0.110. The predicted octanol–water partition coefficient (Wildman–Crippen LogP) is 3.78. The van der Waals surface area contributed by atoms with Crippen LogP contribution in [0.15, 0.2) is 42.5 Å². The van der Waals surface area contributed by atoms with E-state index in [0.29, 0.717) is 6.42 Å². The molecule has 1 heterocycles. The molecule has 3 nitrogen and oxygen atoms in total. The van der Waals surface area contributed by atoms with Crippen LogP contribution in [0.5, 0.6) is 0 Å². The van der Waals surface area contributed by atoms with Crippen molar-refractivity contribution < 1.29 is 0 Å². The maximum absolute atomic E-state index is 6.34. The Labute approximate surface area is 129 Å². The van der Waals surface area contributed by atoms with Gasteiger partial charge in [0.25, 0.3) is 0 Å². The highest BCUT2D eigenvalue weighted by Gasteiger charge is 2.14. The van der Waals surface area contributed by atoms with E-state index in [1.54, 1.807) is 0 Å². The molecule has 1 unspecified atom stereocenters. The van der Waals surface area contributed by atoms with Crippen molar-refractivity contribution in [1.29, 1.82) is 0 Å². The van der Waals surface area contributed by atoms with Crippen LogP contribution < -0.4 is 5.73 Å². The molecule has 21 heavy (non-hydrogen) atoms. The summed E-state index contributed by atoms with van der Waals surface area (Å²) in [4.78, 5) is 0. The zero-order chi connectivity index (χ0) is 15.0. The molecular weight excluding hydrogens is 282 g/mol. The van der Waals surface area contributed by atoms with E-state index in [9.17, 15) is 0 Å². The average molecular weight is 300 g/mol. The first-order valence-electron chi connectivity index (χ1n) is 6.98. The van der Waals surface area contributed by atoms with Gasteiger partial charge in [-0.3, -0.25) is 4.68 Å². The molecule has 0 amide bonds. The van der Waals surface area contributed by atoms with Crippen molar-refractivity contribution in [2.24, 2.45) is 12.8 Å². The largest absolute Gasteiger partial charge is 0.324 e. The lowest BCUT2D eigenvalue weighted by atomic mass is 10.0. The number of hydrogen-bond acceptors (Lipinski definition) is 2. The maximum atomic E-state index is 6.34. The number of para-hydroxylation sites is 1. The minimum atomic E-state index is -0.110. The molecule has 3 rings (SSSR count). The molecule has 0 aliphatic heterocycles. The highest BCUT2D eigenvalue weighted by molar-refractivity contribution is 6.31. The number of fused-ring (bicyclic) bond motifs is 1. The number of nitrogens with zero attached hydrogens (tertiary/aromatic N) is 2. The van der Waals surface area contributed by atoms with Gasteiger partial charge >= 0.3 is 0 Å². The quantitative estimate of drug-likeness (QED) is 0.800. The summed E-state index contributed by atoms with van der Waals surface area (Å²) < 4.78 is 1.90. The zero-order valence-corrected chi connectivity index (χ0v) is 12.9. The van der Waals surface area contributed by atoms with E-state index in [2.05, 4.69) is 17.2 Å². The van der Waals surface area contributed by atoms with E-state index < -0.39 is 0 Å². The van der Waals surface area contributed by atoms with E-state index in [1.165, 1.54) is 0 Å². The first-order chi connectivity index (χ1) is 10.1. The Balaban J connectivity index is 1.92. The van der Waals surface area contributed by atoms with Crippen molar-refractivity contribution in [2.75, 3.05) is 0 Å². The van der Waals surface area contributed by atoms with Crippen molar-refractivity contribution >= 4 is 22.5 Å². The molecule has 1 atom stereocenters. The van der Waals surface area contributed by atoms with Gasteiger partial charge in [0.05, 0.1) is 11.2 Å². The van der Waals surface area contributed by atoms with Crippen LogP contribution in [0.25, 0.3) is 10.9 Å². The Kier molecular flexibility index (Phi) is 3.70. The molecule has 0 saturated heterocycles. The van der Waals surface area contributed by atoms with Crippen LogP contribution in [0.1, 0.15) is 22.9 Å². The van der Waals surface area contributed by atoms with Gasteiger partial charge in [0.2, 0.25) is 0 Å². The second-order valence-electron chi connectivity index (χ2n) is 5.41. The summed E-state index contributed by atoms with van der Waals surface area (Å²) in [5.41, 5.74) is 10.6. The summed E-state index contributed by atoms with van der Waals surface area (Å²) >= 11 is 6.18. The average Bonchev–Trinajstić information content (AvgIpc) is 2.79. The molecule has 0 aliphatic rings. The fraction of sp³-hybridized carbons (Fsp3) is 0.235. The summed E-state index contributed by atoms with van der Waals surface area (Å²) in [7, 11) is 1.96. The molecule has 2 aromatic carbocycles. The van der Waals surface area contributed by atoms with Gasteiger partial charge in [-0.25, -0.2) is 0 Å². The number of rotatable bonds is 3. The van der Waals surface area contributed by atoms with Gasteiger partial charge in [-0.2, -0.15) is 5.10 Å². The van der Waals surface area contributed by atoms with Gasteiger partial charge in [0, 0.05) is 29.9 Å². The molecule has 0 radical (unpaired) electrons. The molecule has 108 valence electrons. The molecular formula is C17H18ClN3. The Morgan fingerprint density at radius 1 is 1.24 bits per heavy atom. The van der Waals surface area contributed by atoms with Crippen LogP contribution in [0, 0.1) is 6.92 Å². The van der Waals surface area contributed by atoms with Gasteiger partial charge < -0.3 is 5.73 Å². The molecule has 4 heteroatoms. The Bertz CT molecular complexity index is 792. The third kappa shape index (κ3) is 2.67.